The Hall–Kier alpha value is -1.05. The molecule has 0 atom stereocenters. The standard InChI is InChI=1S/C14H24O2/c1-6-14(15)16-10-13(5)12(4)9-7-8-11(2)3/h8H,6-7,9-10H2,1-5H3. The minimum atomic E-state index is -0.128. The molecule has 0 spiro atoms. The average molecular weight is 224 g/mol. The Labute approximate surface area is 99.4 Å². The SMILES string of the molecule is CCC(=O)OCC(C)=C(C)CCC=C(C)C. The number of hydrogen-bond acceptors (Lipinski definition) is 2. The largest absolute Gasteiger partial charge is 0.461 e. The van der Waals surface area contributed by atoms with Gasteiger partial charge in [-0.05, 0) is 46.1 Å². The predicted molar refractivity (Wildman–Crippen MR) is 68.3 cm³/mol. The zero-order valence-corrected chi connectivity index (χ0v) is 11.2. The van der Waals surface area contributed by atoms with Crippen molar-refractivity contribution in [3.63, 3.8) is 0 Å². The van der Waals surface area contributed by atoms with Crippen LogP contribution in [0.25, 0.3) is 0 Å². The molecule has 0 aromatic carbocycles. The minimum absolute atomic E-state index is 0.128. The first-order valence-electron chi connectivity index (χ1n) is 5.91. The summed E-state index contributed by atoms with van der Waals surface area (Å²) < 4.78 is 5.09. The molecule has 0 unspecified atom stereocenters. The van der Waals surface area contributed by atoms with Crippen LogP contribution < -0.4 is 0 Å². The number of esters is 1. The second kappa shape index (κ2) is 8.14. The Morgan fingerprint density at radius 3 is 2.25 bits per heavy atom. The maximum absolute atomic E-state index is 11.0. The van der Waals surface area contributed by atoms with Crippen molar-refractivity contribution in [2.45, 2.75) is 53.9 Å². The Morgan fingerprint density at radius 1 is 1.12 bits per heavy atom. The average Bonchev–Trinajstić information content (AvgIpc) is 2.24. The van der Waals surface area contributed by atoms with E-state index in [1.807, 2.05) is 13.8 Å². The Morgan fingerprint density at radius 2 is 1.75 bits per heavy atom. The van der Waals surface area contributed by atoms with Crippen molar-refractivity contribution in [1.29, 1.82) is 0 Å². The molecule has 2 heteroatoms. The highest BCUT2D eigenvalue weighted by atomic mass is 16.5. The summed E-state index contributed by atoms with van der Waals surface area (Å²) >= 11 is 0. The van der Waals surface area contributed by atoms with Crippen molar-refractivity contribution in [1.82, 2.24) is 0 Å². The number of rotatable bonds is 6. The monoisotopic (exact) mass is 224 g/mol. The van der Waals surface area contributed by atoms with E-state index in [2.05, 4.69) is 26.8 Å². The Balaban J connectivity index is 4.05. The smallest absolute Gasteiger partial charge is 0.305 e. The van der Waals surface area contributed by atoms with Crippen LogP contribution in [0.1, 0.15) is 53.9 Å². The Bertz CT molecular complexity index is 281. The summed E-state index contributed by atoms with van der Waals surface area (Å²) in [6.07, 6.45) is 4.78. The second-order valence-corrected chi connectivity index (χ2v) is 4.40. The maximum atomic E-state index is 11.0. The van der Waals surface area contributed by atoms with Gasteiger partial charge in [0, 0.05) is 6.42 Å². The maximum Gasteiger partial charge on any atom is 0.305 e. The van der Waals surface area contributed by atoms with Gasteiger partial charge >= 0.3 is 5.97 Å². The third-order valence-electron chi connectivity index (χ3n) is 2.54. The molecule has 0 aromatic heterocycles. The van der Waals surface area contributed by atoms with Crippen LogP contribution in [0.15, 0.2) is 22.8 Å². The third-order valence-corrected chi connectivity index (χ3v) is 2.54. The summed E-state index contributed by atoms with van der Waals surface area (Å²) in [5.41, 5.74) is 3.84. The van der Waals surface area contributed by atoms with E-state index >= 15 is 0 Å². The van der Waals surface area contributed by atoms with E-state index in [1.165, 1.54) is 16.7 Å². The van der Waals surface area contributed by atoms with Gasteiger partial charge in [0.25, 0.3) is 0 Å². The summed E-state index contributed by atoms with van der Waals surface area (Å²) in [7, 11) is 0. The molecule has 0 aromatic rings. The molecule has 0 rings (SSSR count). The van der Waals surface area contributed by atoms with Crippen LogP contribution in [0.5, 0.6) is 0 Å². The lowest BCUT2D eigenvalue weighted by Gasteiger charge is -2.07. The topological polar surface area (TPSA) is 26.3 Å². The van der Waals surface area contributed by atoms with Gasteiger partial charge in [-0.2, -0.15) is 0 Å². The fraction of sp³-hybridized carbons (Fsp3) is 0.643. The lowest BCUT2D eigenvalue weighted by molar-refractivity contribution is -0.142. The van der Waals surface area contributed by atoms with E-state index in [1.54, 1.807) is 0 Å². The predicted octanol–water partition coefficient (Wildman–Crippen LogP) is 4.02. The zero-order chi connectivity index (χ0) is 12.6. The van der Waals surface area contributed by atoms with Gasteiger partial charge in [0.1, 0.15) is 6.61 Å². The number of carbonyl (C=O) groups excluding carboxylic acids is 1. The van der Waals surface area contributed by atoms with Gasteiger partial charge in [0.05, 0.1) is 0 Å². The van der Waals surface area contributed by atoms with Crippen LogP contribution in [0, 0.1) is 0 Å². The highest BCUT2D eigenvalue weighted by molar-refractivity contribution is 5.69. The Kier molecular flexibility index (Phi) is 7.61. The summed E-state index contributed by atoms with van der Waals surface area (Å²) in [6.45, 7) is 10.6. The lowest BCUT2D eigenvalue weighted by Crippen LogP contribution is -2.05. The second-order valence-electron chi connectivity index (χ2n) is 4.40. The highest BCUT2D eigenvalue weighted by Crippen LogP contribution is 2.12. The molecule has 0 aliphatic carbocycles. The van der Waals surface area contributed by atoms with Crippen molar-refractivity contribution >= 4 is 5.97 Å². The number of ether oxygens (including phenoxy) is 1. The van der Waals surface area contributed by atoms with E-state index in [4.69, 9.17) is 4.74 Å². The number of allylic oxidation sites excluding steroid dienone is 3. The lowest BCUT2D eigenvalue weighted by atomic mass is 10.1. The van der Waals surface area contributed by atoms with E-state index in [9.17, 15) is 4.79 Å². The van der Waals surface area contributed by atoms with E-state index in [0.717, 1.165) is 12.8 Å². The van der Waals surface area contributed by atoms with Crippen LogP contribution in [0.2, 0.25) is 0 Å². The summed E-state index contributed by atoms with van der Waals surface area (Å²) in [5, 5.41) is 0. The molecule has 0 aliphatic rings. The number of hydrogen-bond donors (Lipinski definition) is 0. The first-order chi connectivity index (χ1) is 7.47. The number of carbonyl (C=O) groups is 1. The van der Waals surface area contributed by atoms with Gasteiger partial charge < -0.3 is 4.74 Å². The molecule has 0 aliphatic heterocycles. The molecule has 0 bridgehead atoms. The molecule has 2 nitrogen and oxygen atoms in total. The summed E-state index contributed by atoms with van der Waals surface area (Å²) in [4.78, 5) is 11.0. The van der Waals surface area contributed by atoms with Crippen LogP contribution in [-0.4, -0.2) is 12.6 Å². The highest BCUT2D eigenvalue weighted by Gasteiger charge is 2.01. The summed E-state index contributed by atoms with van der Waals surface area (Å²) in [6, 6.07) is 0. The van der Waals surface area contributed by atoms with Gasteiger partial charge in [-0.25, -0.2) is 0 Å². The van der Waals surface area contributed by atoms with Crippen LogP contribution in [0.4, 0.5) is 0 Å². The van der Waals surface area contributed by atoms with Crippen molar-refractivity contribution in [3.05, 3.63) is 22.8 Å². The van der Waals surface area contributed by atoms with Crippen LogP contribution in [0.3, 0.4) is 0 Å². The minimum Gasteiger partial charge on any atom is -0.461 e. The van der Waals surface area contributed by atoms with E-state index in [-0.39, 0.29) is 5.97 Å². The van der Waals surface area contributed by atoms with Crippen molar-refractivity contribution in [3.8, 4) is 0 Å². The third kappa shape index (κ3) is 7.27. The van der Waals surface area contributed by atoms with Gasteiger partial charge in [-0.15, -0.1) is 0 Å². The van der Waals surface area contributed by atoms with Crippen molar-refractivity contribution in [2.24, 2.45) is 0 Å². The fourth-order valence-corrected chi connectivity index (χ4v) is 1.20. The normalized spacial score (nSPS) is 11.8. The van der Waals surface area contributed by atoms with Gasteiger partial charge in [0.2, 0.25) is 0 Å². The molecule has 16 heavy (non-hydrogen) atoms. The fourth-order valence-electron chi connectivity index (χ4n) is 1.20. The van der Waals surface area contributed by atoms with Gasteiger partial charge in [0.15, 0.2) is 0 Å². The molecular formula is C14H24O2. The molecule has 0 radical (unpaired) electrons. The molecule has 92 valence electrons. The molecular weight excluding hydrogens is 200 g/mol. The first-order valence-corrected chi connectivity index (χ1v) is 5.91. The molecule has 0 heterocycles. The van der Waals surface area contributed by atoms with Gasteiger partial charge in [-0.3, -0.25) is 4.79 Å². The first kappa shape index (κ1) is 14.9. The van der Waals surface area contributed by atoms with Crippen molar-refractivity contribution in [2.75, 3.05) is 6.61 Å². The quantitative estimate of drug-likeness (QED) is 0.503. The van der Waals surface area contributed by atoms with Crippen LogP contribution in [-0.2, 0) is 9.53 Å². The van der Waals surface area contributed by atoms with Crippen molar-refractivity contribution < 1.29 is 9.53 Å². The van der Waals surface area contributed by atoms with Crippen LogP contribution >= 0.6 is 0 Å². The van der Waals surface area contributed by atoms with E-state index in [0.29, 0.717) is 13.0 Å². The molecule has 0 saturated carbocycles. The van der Waals surface area contributed by atoms with E-state index < -0.39 is 0 Å². The molecule has 0 amide bonds. The zero-order valence-electron chi connectivity index (χ0n) is 11.2. The van der Waals surface area contributed by atoms with Gasteiger partial charge in [-0.1, -0.05) is 24.1 Å². The molecule has 0 N–H and O–H groups in total. The summed E-state index contributed by atoms with van der Waals surface area (Å²) in [5.74, 6) is -0.128. The molecule has 0 fully saturated rings. The molecule has 0 saturated heterocycles.